The molecule has 21 heavy (non-hydrogen) atoms. The molecule has 1 fully saturated rings. The first kappa shape index (κ1) is 15.8. The first-order chi connectivity index (χ1) is 9.97. The van der Waals surface area contributed by atoms with Gasteiger partial charge in [-0.25, -0.2) is 4.39 Å². The van der Waals surface area contributed by atoms with Gasteiger partial charge < -0.3 is 15.3 Å². The predicted octanol–water partition coefficient (Wildman–Crippen LogP) is 2.38. The maximum atomic E-state index is 13.3. The van der Waals surface area contributed by atoms with E-state index in [0.717, 1.165) is 31.5 Å². The maximum absolute atomic E-state index is 13.3. The van der Waals surface area contributed by atoms with Crippen LogP contribution < -0.4 is 5.32 Å². The number of piperidine rings is 1. The van der Waals surface area contributed by atoms with E-state index < -0.39 is 5.82 Å². The number of carbonyl (C=O) groups excluding carboxylic acids is 1. The van der Waals surface area contributed by atoms with Gasteiger partial charge in [-0.15, -0.1) is 0 Å². The molecule has 0 saturated carbocycles. The van der Waals surface area contributed by atoms with Gasteiger partial charge in [0.25, 0.3) is 5.91 Å². The molecule has 1 aromatic carbocycles. The zero-order valence-corrected chi connectivity index (χ0v) is 12.6. The van der Waals surface area contributed by atoms with Crippen molar-refractivity contribution in [1.29, 1.82) is 0 Å². The molecule has 0 aliphatic carbocycles. The number of rotatable bonds is 4. The Hall–Kier alpha value is -1.62. The van der Waals surface area contributed by atoms with E-state index in [1.807, 2.05) is 0 Å². The van der Waals surface area contributed by atoms with Gasteiger partial charge in [0.2, 0.25) is 0 Å². The van der Waals surface area contributed by atoms with Crippen LogP contribution in [0.15, 0.2) is 18.2 Å². The number of phenolic OH excluding ortho intramolecular Hbond substituents is 1. The number of nitrogens with one attached hydrogen (secondary N) is 1. The summed E-state index contributed by atoms with van der Waals surface area (Å²) in [5.74, 6) is -0.558. The monoisotopic (exact) mass is 294 g/mol. The van der Waals surface area contributed by atoms with Crippen LogP contribution >= 0.6 is 0 Å². The third-order valence-corrected chi connectivity index (χ3v) is 3.81. The van der Waals surface area contributed by atoms with Gasteiger partial charge in [-0.2, -0.15) is 0 Å². The van der Waals surface area contributed by atoms with Crippen LogP contribution in [0.4, 0.5) is 4.39 Å². The van der Waals surface area contributed by atoms with Crippen LogP contribution in [0, 0.1) is 11.7 Å². The van der Waals surface area contributed by atoms with Gasteiger partial charge >= 0.3 is 0 Å². The van der Waals surface area contributed by atoms with E-state index >= 15 is 0 Å². The number of hydrogen-bond donors (Lipinski definition) is 2. The second-order valence-corrected chi connectivity index (χ2v) is 5.98. The fraction of sp³-hybridized carbons (Fsp3) is 0.562. The van der Waals surface area contributed by atoms with E-state index in [0.29, 0.717) is 25.0 Å². The Morgan fingerprint density at radius 3 is 3.00 bits per heavy atom. The molecule has 1 unspecified atom stereocenters. The van der Waals surface area contributed by atoms with Gasteiger partial charge in [-0.1, -0.05) is 13.8 Å². The molecular weight excluding hydrogens is 271 g/mol. The number of halogens is 1. The molecule has 1 aliphatic heterocycles. The van der Waals surface area contributed by atoms with E-state index in [9.17, 15) is 14.3 Å². The maximum Gasteiger partial charge on any atom is 0.257 e. The van der Waals surface area contributed by atoms with Gasteiger partial charge in [-0.05, 0) is 43.5 Å². The van der Waals surface area contributed by atoms with Crippen molar-refractivity contribution in [3.63, 3.8) is 0 Å². The highest BCUT2D eigenvalue weighted by molar-refractivity contribution is 5.96. The van der Waals surface area contributed by atoms with Crippen molar-refractivity contribution in [2.75, 3.05) is 19.6 Å². The van der Waals surface area contributed by atoms with Gasteiger partial charge in [0.05, 0.1) is 5.56 Å². The number of phenols is 1. The summed E-state index contributed by atoms with van der Waals surface area (Å²) in [5.41, 5.74) is 0.0486. The standard InChI is InChI=1S/C16H23FN2O2/c1-11(2)18-9-12-4-3-7-19(10-12)16(21)14-8-13(17)5-6-15(14)20/h5-6,8,11-12,18,20H,3-4,7,9-10H2,1-2H3. The molecule has 1 heterocycles. The minimum absolute atomic E-state index is 0.0486. The van der Waals surface area contributed by atoms with E-state index in [2.05, 4.69) is 19.2 Å². The number of hydrogen-bond acceptors (Lipinski definition) is 3. The van der Waals surface area contributed by atoms with Gasteiger partial charge in [0.1, 0.15) is 11.6 Å². The third-order valence-electron chi connectivity index (χ3n) is 3.81. The van der Waals surface area contributed by atoms with E-state index in [1.54, 1.807) is 4.90 Å². The van der Waals surface area contributed by atoms with Crippen molar-refractivity contribution in [1.82, 2.24) is 10.2 Å². The second kappa shape index (κ2) is 6.89. The highest BCUT2D eigenvalue weighted by Crippen LogP contribution is 2.23. The molecule has 116 valence electrons. The molecule has 1 amide bonds. The molecule has 0 radical (unpaired) electrons. The molecule has 2 rings (SSSR count). The lowest BCUT2D eigenvalue weighted by atomic mass is 9.97. The van der Waals surface area contributed by atoms with E-state index in [1.165, 1.54) is 6.07 Å². The van der Waals surface area contributed by atoms with Crippen molar-refractivity contribution in [3.05, 3.63) is 29.6 Å². The highest BCUT2D eigenvalue weighted by atomic mass is 19.1. The topological polar surface area (TPSA) is 52.6 Å². The van der Waals surface area contributed by atoms with Crippen LogP contribution in [-0.2, 0) is 0 Å². The van der Waals surface area contributed by atoms with Crippen molar-refractivity contribution in [3.8, 4) is 5.75 Å². The van der Waals surface area contributed by atoms with Crippen LogP contribution in [-0.4, -0.2) is 41.6 Å². The van der Waals surface area contributed by atoms with E-state index in [4.69, 9.17) is 0 Å². The summed E-state index contributed by atoms with van der Waals surface area (Å²) in [6, 6.07) is 3.90. The summed E-state index contributed by atoms with van der Waals surface area (Å²) in [6.07, 6.45) is 2.02. The van der Waals surface area contributed by atoms with Crippen molar-refractivity contribution < 1.29 is 14.3 Å². The van der Waals surface area contributed by atoms with E-state index in [-0.39, 0.29) is 17.2 Å². The Balaban J connectivity index is 2.03. The second-order valence-electron chi connectivity index (χ2n) is 5.98. The molecule has 1 saturated heterocycles. The molecule has 5 heteroatoms. The number of amides is 1. The number of nitrogens with zero attached hydrogens (tertiary/aromatic N) is 1. The number of likely N-dealkylation sites (tertiary alicyclic amines) is 1. The average molecular weight is 294 g/mol. The number of aromatic hydroxyl groups is 1. The van der Waals surface area contributed by atoms with Gasteiger partial charge in [0.15, 0.2) is 0 Å². The minimum atomic E-state index is -0.508. The largest absolute Gasteiger partial charge is 0.507 e. The Morgan fingerprint density at radius 2 is 2.29 bits per heavy atom. The smallest absolute Gasteiger partial charge is 0.257 e. The van der Waals surface area contributed by atoms with Crippen LogP contribution in [0.1, 0.15) is 37.0 Å². The zero-order chi connectivity index (χ0) is 15.4. The predicted molar refractivity (Wildman–Crippen MR) is 79.8 cm³/mol. The Kier molecular flexibility index (Phi) is 5.17. The molecule has 0 spiro atoms. The summed E-state index contributed by atoms with van der Waals surface area (Å²) in [6.45, 7) is 6.37. The fourth-order valence-electron chi connectivity index (χ4n) is 2.67. The zero-order valence-electron chi connectivity index (χ0n) is 12.6. The summed E-state index contributed by atoms with van der Waals surface area (Å²) in [5, 5.41) is 13.1. The lowest BCUT2D eigenvalue weighted by molar-refractivity contribution is 0.0668. The highest BCUT2D eigenvalue weighted by Gasteiger charge is 2.26. The molecule has 0 bridgehead atoms. The lowest BCUT2D eigenvalue weighted by Crippen LogP contribution is -2.43. The fourth-order valence-corrected chi connectivity index (χ4v) is 2.67. The van der Waals surface area contributed by atoms with Crippen molar-refractivity contribution >= 4 is 5.91 Å². The van der Waals surface area contributed by atoms with Crippen molar-refractivity contribution in [2.24, 2.45) is 5.92 Å². The molecule has 0 aromatic heterocycles. The lowest BCUT2D eigenvalue weighted by Gasteiger charge is -2.33. The average Bonchev–Trinajstić information content (AvgIpc) is 2.47. The Labute approximate surface area is 125 Å². The van der Waals surface area contributed by atoms with Gasteiger partial charge in [0, 0.05) is 19.1 Å². The van der Waals surface area contributed by atoms with Crippen molar-refractivity contribution in [2.45, 2.75) is 32.7 Å². The minimum Gasteiger partial charge on any atom is -0.507 e. The van der Waals surface area contributed by atoms with Crippen LogP contribution in [0.25, 0.3) is 0 Å². The SMILES string of the molecule is CC(C)NCC1CCCN(C(=O)c2cc(F)ccc2O)C1. The summed E-state index contributed by atoms with van der Waals surface area (Å²) in [7, 11) is 0. The Morgan fingerprint density at radius 1 is 1.52 bits per heavy atom. The third kappa shape index (κ3) is 4.17. The first-order valence-electron chi connectivity index (χ1n) is 7.48. The van der Waals surface area contributed by atoms with Crippen LogP contribution in [0.2, 0.25) is 0 Å². The summed E-state index contributed by atoms with van der Waals surface area (Å²) < 4.78 is 13.3. The number of benzene rings is 1. The summed E-state index contributed by atoms with van der Waals surface area (Å²) in [4.78, 5) is 14.1. The molecule has 2 N–H and O–H groups in total. The molecule has 1 aliphatic rings. The number of carbonyl (C=O) groups is 1. The Bertz CT molecular complexity index is 505. The first-order valence-corrected chi connectivity index (χ1v) is 7.48. The van der Waals surface area contributed by atoms with Crippen LogP contribution in [0.3, 0.4) is 0 Å². The normalized spacial score (nSPS) is 19.0. The molecular formula is C16H23FN2O2. The molecule has 1 aromatic rings. The van der Waals surface area contributed by atoms with Crippen LogP contribution in [0.5, 0.6) is 5.75 Å². The quantitative estimate of drug-likeness (QED) is 0.896. The molecule has 4 nitrogen and oxygen atoms in total. The molecule has 1 atom stereocenters. The van der Waals surface area contributed by atoms with Gasteiger partial charge in [-0.3, -0.25) is 4.79 Å². The summed E-state index contributed by atoms with van der Waals surface area (Å²) >= 11 is 0.